The summed E-state index contributed by atoms with van der Waals surface area (Å²) in [7, 11) is 0. The third-order valence-electron chi connectivity index (χ3n) is 3.77. The Morgan fingerprint density at radius 3 is 2.38 bits per heavy atom. The van der Waals surface area contributed by atoms with E-state index in [9.17, 15) is 4.79 Å². The van der Waals surface area contributed by atoms with Gasteiger partial charge < -0.3 is 19.9 Å². The zero-order valence-corrected chi connectivity index (χ0v) is 13.7. The molecule has 1 aromatic carbocycles. The summed E-state index contributed by atoms with van der Waals surface area (Å²) in [6.07, 6.45) is 3.34. The van der Waals surface area contributed by atoms with Crippen LogP contribution in [0.2, 0.25) is 0 Å². The normalized spacial score (nSPS) is 14.4. The molecule has 7 heteroatoms. The average molecular weight is 327 g/mol. The van der Waals surface area contributed by atoms with Crippen LogP contribution in [-0.4, -0.2) is 53.6 Å². The van der Waals surface area contributed by atoms with Crippen LogP contribution < -0.4 is 15.0 Å². The fourth-order valence-electron chi connectivity index (χ4n) is 2.52. The summed E-state index contributed by atoms with van der Waals surface area (Å²) in [6.45, 7) is 5.33. The second-order valence-corrected chi connectivity index (χ2v) is 5.44. The van der Waals surface area contributed by atoms with Crippen LogP contribution in [0.5, 0.6) is 11.5 Å². The molecule has 0 saturated carbocycles. The Bertz CT molecular complexity index is 654. The maximum Gasteiger partial charge on any atom is 0.317 e. The Balaban J connectivity index is 1.56. The van der Waals surface area contributed by atoms with E-state index >= 15 is 0 Å². The number of aromatic nitrogens is 2. The Hall–Kier alpha value is -2.83. The molecule has 0 aliphatic carbocycles. The van der Waals surface area contributed by atoms with E-state index in [2.05, 4.69) is 20.2 Å². The lowest BCUT2D eigenvalue weighted by Gasteiger charge is -2.34. The molecule has 1 aliphatic rings. The van der Waals surface area contributed by atoms with Gasteiger partial charge >= 0.3 is 6.03 Å². The summed E-state index contributed by atoms with van der Waals surface area (Å²) in [6, 6.07) is 9.53. The fourth-order valence-corrected chi connectivity index (χ4v) is 2.52. The van der Waals surface area contributed by atoms with Gasteiger partial charge in [-0.25, -0.2) is 14.8 Å². The number of ether oxygens (including phenoxy) is 1. The largest absolute Gasteiger partial charge is 0.454 e. The molecule has 1 aromatic heterocycles. The Labute approximate surface area is 141 Å². The van der Waals surface area contributed by atoms with E-state index in [4.69, 9.17) is 4.74 Å². The van der Waals surface area contributed by atoms with Crippen LogP contribution in [0.15, 0.2) is 42.7 Å². The summed E-state index contributed by atoms with van der Waals surface area (Å²) < 4.78 is 5.69. The lowest BCUT2D eigenvalue weighted by Crippen LogP contribution is -2.52. The molecule has 0 radical (unpaired) electrons. The highest BCUT2D eigenvalue weighted by atomic mass is 16.5. The number of piperazine rings is 1. The molecule has 2 aromatic rings. The van der Waals surface area contributed by atoms with Gasteiger partial charge in [-0.2, -0.15) is 0 Å². The van der Waals surface area contributed by atoms with Crippen molar-refractivity contribution >= 4 is 12.0 Å². The molecule has 0 unspecified atom stereocenters. The molecule has 0 bridgehead atoms. The van der Waals surface area contributed by atoms with Crippen molar-refractivity contribution in [1.82, 2.24) is 20.2 Å². The van der Waals surface area contributed by atoms with Crippen LogP contribution >= 0.6 is 0 Å². The molecule has 0 atom stereocenters. The molecule has 24 heavy (non-hydrogen) atoms. The topological polar surface area (TPSA) is 70.6 Å². The monoisotopic (exact) mass is 327 g/mol. The van der Waals surface area contributed by atoms with Crippen LogP contribution in [0.3, 0.4) is 0 Å². The van der Waals surface area contributed by atoms with Gasteiger partial charge in [0.25, 0.3) is 0 Å². The number of hydrogen-bond acceptors (Lipinski definition) is 5. The van der Waals surface area contributed by atoms with Gasteiger partial charge in [0, 0.05) is 32.7 Å². The first kappa shape index (κ1) is 16.0. The zero-order chi connectivity index (χ0) is 16.8. The third-order valence-corrected chi connectivity index (χ3v) is 3.77. The van der Waals surface area contributed by atoms with Crippen molar-refractivity contribution in [3.63, 3.8) is 0 Å². The van der Waals surface area contributed by atoms with Gasteiger partial charge in [0.2, 0.25) is 5.95 Å². The molecule has 2 heterocycles. The molecule has 7 nitrogen and oxygen atoms in total. The standard InChI is InChI=1S/C17H21N5O2/c1-2-18-17(23)22-10-8-21(9-11-22)16-19-12-15(13-20-16)24-14-6-4-3-5-7-14/h3-7,12-13H,2,8-11H2,1H3,(H,18,23). The van der Waals surface area contributed by atoms with Crippen molar-refractivity contribution in [2.75, 3.05) is 37.6 Å². The SMILES string of the molecule is CCNC(=O)N1CCN(c2ncc(Oc3ccccc3)cn2)CC1. The molecule has 3 rings (SSSR count). The predicted octanol–water partition coefficient (Wildman–Crippen LogP) is 2.12. The van der Waals surface area contributed by atoms with E-state index in [1.807, 2.05) is 42.2 Å². The summed E-state index contributed by atoms with van der Waals surface area (Å²) >= 11 is 0. The van der Waals surface area contributed by atoms with Gasteiger partial charge in [-0.3, -0.25) is 0 Å². The third kappa shape index (κ3) is 3.92. The van der Waals surface area contributed by atoms with Crippen LogP contribution in [0.4, 0.5) is 10.7 Å². The molecule has 1 N–H and O–H groups in total. The second kappa shape index (κ2) is 7.63. The highest BCUT2D eigenvalue weighted by molar-refractivity contribution is 5.74. The van der Waals surface area contributed by atoms with Gasteiger partial charge in [0.05, 0.1) is 12.4 Å². The Kier molecular flexibility index (Phi) is 5.10. The number of urea groups is 1. The van der Waals surface area contributed by atoms with Crippen molar-refractivity contribution in [2.45, 2.75) is 6.92 Å². The molecule has 1 aliphatic heterocycles. The van der Waals surface area contributed by atoms with Gasteiger partial charge in [0.15, 0.2) is 5.75 Å². The zero-order valence-electron chi connectivity index (χ0n) is 13.7. The van der Waals surface area contributed by atoms with Gasteiger partial charge in [-0.05, 0) is 19.1 Å². The predicted molar refractivity (Wildman–Crippen MR) is 91.4 cm³/mol. The number of amides is 2. The maximum absolute atomic E-state index is 11.8. The summed E-state index contributed by atoms with van der Waals surface area (Å²) in [5.74, 6) is 2.02. The van der Waals surface area contributed by atoms with Gasteiger partial charge in [-0.15, -0.1) is 0 Å². The van der Waals surface area contributed by atoms with E-state index in [0.717, 1.165) is 18.8 Å². The first-order valence-corrected chi connectivity index (χ1v) is 8.09. The second-order valence-electron chi connectivity index (χ2n) is 5.44. The molecular formula is C17H21N5O2. The number of nitrogens with zero attached hydrogens (tertiary/aromatic N) is 4. The van der Waals surface area contributed by atoms with Crippen molar-refractivity contribution in [1.29, 1.82) is 0 Å². The quantitative estimate of drug-likeness (QED) is 0.931. The number of benzene rings is 1. The lowest BCUT2D eigenvalue weighted by molar-refractivity contribution is 0.194. The molecule has 0 spiro atoms. The van der Waals surface area contributed by atoms with Crippen molar-refractivity contribution in [2.24, 2.45) is 0 Å². The minimum Gasteiger partial charge on any atom is -0.454 e. The van der Waals surface area contributed by atoms with E-state index in [-0.39, 0.29) is 6.03 Å². The highest BCUT2D eigenvalue weighted by Gasteiger charge is 2.22. The van der Waals surface area contributed by atoms with Crippen molar-refractivity contribution in [3.05, 3.63) is 42.7 Å². The highest BCUT2D eigenvalue weighted by Crippen LogP contribution is 2.20. The number of rotatable bonds is 4. The smallest absolute Gasteiger partial charge is 0.317 e. The Morgan fingerprint density at radius 2 is 1.75 bits per heavy atom. The number of nitrogens with one attached hydrogen (secondary N) is 1. The number of para-hydroxylation sites is 1. The van der Waals surface area contributed by atoms with E-state index in [0.29, 0.717) is 31.3 Å². The number of hydrogen-bond donors (Lipinski definition) is 1. The summed E-state index contributed by atoms with van der Waals surface area (Å²) in [4.78, 5) is 24.4. The van der Waals surface area contributed by atoms with Gasteiger partial charge in [-0.1, -0.05) is 18.2 Å². The van der Waals surface area contributed by atoms with E-state index < -0.39 is 0 Å². The maximum atomic E-state index is 11.8. The minimum absolute atomic E-state index is 0.00956. The molecular weight excluding hydrogens is 306 g/mol. The summed E-state index contributed by atoms with van der Waals surface area (Å²) in [5.41, 5.74) is 0. The average Bonchev–Trinajstić information content (AvgIpc) is 2.64. The molecule has 1 fully saturated rings. The van der Waals surface area contributed by atoms with Crippen molar-refractivity contribution in [3.8, 4) is 11.5 Å². The van der Waals surface area contributed by atoms with E-state index in [1.165, 1.54) is 0 Å². The van der Waals surface area contributed by atoms with Gasteiger partial charge in [0.1, 0.15) is 5.75 Å². The molecule has 126 valence electrons. The minimum atomic E-state index is -0.00956. The number of anilines is 1. The molecule has 2 amide bonds. The van der Waals surface area contributed by atoms with Crippen LogP contribution in [0, 0.1) is 0 Å². The first-order chi connectivity index (χ1) is 11.8. The van der Waals surface area contributed by atoms with Crippen LogP contribution in [-0.2, 0) is 0 Å². The first-order valence-electron chi connectivity index (χ1n) is 8.09. The van der Waals surface area contributed by atoms with Crippen LogP contribution in [0.1, 0.15) is 6.92 Å². The lowest BCUT2D eigenvalue weighted by atomic mass is 10.3. The number of carbonyl (C=O) groups is 1. The van der Waals surface area contributed by atoms with E-state index in [1.54, 1.807) is 12.4 Å². The fraction of sp³-hybridized carbons (Fsp3) is 0.353. The summed E-state index contributed by atoms with van der Waals surface area (Å²) in [5, 5.41) is 2.82. The van der Waals surface area contributed by atoms with Crippen LogP contribution in [0.25, 0.3) is 0 Å². The van der Waals surface area contributed by atoms with Crippen molar-refractivity contribution < 1.29 is 9.53 Å². The Morgan fingerprint density at radius 1 is 1.08 bits per heavy atom. The number of carbonyl (C=O) groups excluding carboxylic acids is 1. The molecule has 1 saturated heterocycles.